The summed E-state index contributed by atoms with van der Waals surface area (Å²) in [6.45, 7) is 0.651. The van der Waals surface area contributed by atoms with E-state index in [-0.39, 0.29) is 22.8 Å². The molecule has 0 fully saturated rings. The molecule has 0 heterocycles. The van der Waals surface area contributed by atoms with Crippen molar-refractivity contribution in [3.8, 4) is 6.07 Å². The highest BCUT2D eigenvalue weighted by Gasteiger charge is 2.23. The van der Waals surface area contributed by atoms with Crippen LogP contribution in [0.4, 0.5) is 5.69 Å². The number of carbonyl (C=O) groups excluding carboxylic acids is 2. The molecule has 1 amide bonds. The third kappa shape index (κ3) is 4.92. The minimum absolute atomic E-state index is 0.126. The molecular weight excluding hydrogens is 368 g/mol. The van der Waals surface area contributed by atoms with Crippen LogP contribution in [0.3, 0.4) is 0 Å². The summed E-state index contributed by atoms with van der Waals surface area (Å²) in [5.74, 6) is -1.67. The summed E-state index contributed by atoms with van der Waals surface area (Å²) in [5.41, 5.74) is 0.368. The lowest BCUT2D eigenvalue weighted by Crippen LogP contribution is -2.35. The molecule has 0 atom stereocenters. The van der Waals surface area contributed by atoms with Crippen molar-refractivity contribution < 1.29 is 22.7 Å². The van der Waals surface area contributed by atoms with Gasteiger partial charge in [0, 0.05) is 5.69 Å². The molecule has 0 spiro atoms. The maximum Gasteiger partial charge on any atom is 0.339 e. The Bertz CT molecular complexity index is 965. The van der Waals surface area contributed by atoms with Crippen LogP contribution in [0, 0.1) is 11.3 Å². The maximum absolute atomic E-state index is 12.4. The average Bonchev–Trinajstić information content (AvgIpc) is 2.70. The molecular formula is C19H18N2O5S. The average molecular weight is 386 g/mol. The fourth-order valence-corrected chi connectivity index (χ4v) is 3.43. The Balaban J connectivity index is 2.16. The van der Waals surface area contributed by atoms with Crippen LogP contribution >= 0.6 is 0 Å². The lowest BCUT2D eigenvalue weighted by Gasteiger charge is -2.19. The number of nitrogens with zero attached hydrogens (tertiary/aromatic N) is 2. The first-order valence-electron chi connectivity index (χ1n) is 8.12. The number of amides is 1. The van der Waals surface area contributed by atoms with Crippen molar-refractivity contribution in [2.75, 3.05) is 23.8 Å². The molecule has 2 aromatic carbocycles. The van der Waals surface area contributed by atoms with E-state index in [0.29, 0.717) is 5.69 Å². The Labute approximate surface area is 157 Å². The Hall–Kier alpha value is -3.18. The van der Waals surface area contributed by atoms with Gasteiger partial charge in [-0.3, -0.25) is 9.69 Å². The van der Waals surface area contributed by atoms with Gasteiger partial charge in [0.15, 0.2) is 16.4 Å². The standard InChI is InChI=1S/C19H18N2O5S/c1-2-27(24,25)17-11-7-6-10-16(17)19(23)26-14-18(22)21(13-12-20)15-8-4-3-5-9-15/h3-11H,2,13-14H2,1H3. The molecule has 0 aliphatic carbocycles. The van der Waals surface area contributed by atoms with Crippen molar-refractivity contribution >= 4 is 27.4 Å². The largest absolute Gasteiger partial charge is 0.452 e. The van der Waals surface area contributed by atoms with Crippen LogP contribution < -0.4 is 4.90 Å². The SMILES string of the molecule is CCS(=O)(=O)c1ccccc1C(=O)OCC(=O)N(CC#N)c1ccccc1. The van der Waals surface area contributed by atoms with Crippen molar-refractivity contribution in [1.82, 2.24) is 0 Å². The van der Waals surface area contributed by atoms with Crippen LogP contribution in [-0.4, -0.2) is 39.2 Å². The minimum atomic E-state index is -3.62. The van der Waals surface area contributed by atoms with E-state index in [4.69, 9.17) is 10.00 Å². The van der Waals surface area contributed by atoms with Gasteiger partial charge < -0.3 is 4.74 Å². The van der Waals surface area contributed by atoms with Crippen LogP contribution in [0.2, 0.25) is 0 Å². The number of carbonyl (C=O) groups is 2. The summed E-state index contributed by atoms with van der Waals surface area (Å²) >= 11 is 0. The van der Waals surface area contributed by atoms with E-state index < -0.39 is 28.3 Å². The molecule has 0 aliphatic heterocycles. The summed E-state index contributed by atoms with van der Waals surface area (Å²) in [6, 6.07) is 16.1. The molecule has 0 N–H and O–H groups in total. The molecule has 2 aromatic rings. The van der Waals surface area contributed by atoms with E-state index in [2.05, 4.69) is 0 Å². The number of hydrogen-bond acceptors (Lipinski definition) is 6. The quantitative estimate of drug-likeness (QED) is 0.534. The first-order valence-corrected chi connectivity index (χ1v) is 9.77. The fraction of sp³-hybridized carbons (Fsp3) is 0.211. The Kier molecular flexibility index (Phi) is 6.68. The predicted octanol–water partition coefficient (Wildman–Crippen LogP) is 2.19. The Morgan fingerprint density at radius 3 is 2.33 bits per heavy atom. The number of esters is 1. The van der Waals surface area contributed by atoms with Crippen molar-refractivity contribution in [2.45, 2.75) is 11.8 Å². The van der Waals surface area contributed by atoms with E-state index in [1.165, 1.54) is 36.1 Å². The van der Waals surface area contributed by atoms with Gasteiger partial charge in [0.2, 0.25) is 0 Å². The normalized spacial score (nSPS) is 10.7. The molecule has 0 aliphatic rings. The first kappa shape index (κ1) is 20.1. The van der Waals surface area contributed by atoms with Gasteiger partial charge in [-0.2, -0.15) is 5.26 Å². The third-order valence-electron chi connectivity index (χ3n) is 3.75. The number of hydrogen-bond donors (Lipinski definition) is 0. The molecule has 7 nitrogen and oxygen atoms in total. The smallest absolute Gasteiger partial charge is 0.339 e. The number of anilines is 1. The van der Waals surface area contributed by atoms with Crippen LogP contribution in [0.15, 0.2) is 59.5 Å². The highest BCUT2D eigenvalue weighted by atomic mass is 32.2. The number of para-hydroxylation sites is 1. The second-order valence-corrected chi connectivity index (χ2v) is 7.70. The van der Waals surface area contributed by atoms with Gasteiger partial charge in [-0.05, 0) is 24.3 Å². The topological polar surface area (TPSA) is 105 Å². The second kappa shape index (κ2) is 8.96. The van der Waals surface area contributed by atoms with Gasteiger partial charge in [0.25, 0.3) is 5.91 Å². The monoisotopic (exact) mass is 386 g/mol. The summed E-state index contributed by atoms with van der Waals surface area (Å²) in [6.07, 6.45) is 0. The highest BCUT2D eigenvalue weighted by molar-refractivity contribution is 7.91. The van der Waals surface area contributed by atoms with Gasteiger partial charge >= 0.3 is 5.97 Å². The van der Waals surface area contributed by atoms with Gasteiger partial charge in [-0.1, -0.05) is 37.3 Å². The van der Waals surface area contributed by atoms with E-state index in [1.807, 2.05) is 6.07 Å². The van der Waals surface area contributed by atoms with Crippen molar-refractivity contribution in [1.29, 1.82) is 5.26 Å². The lowest BCUT2D eigenvalue weighted by molar-refractivity contribution is -0.121. The zero-order valence-corrected chi connectivity index (χ0v) is 15.5. The molecule has 0 saturated carbocycles. The summed E-state index contributed by atoms with van der Waals surface area (Å²) in [4.78, 5) is 25.8. The Morgan fingerprint density at radius 1 is 1.07 bits per heavy atom. The summed E-state index contributed by atoms with van der Waals surface area (Å²) in [7, 11) is -3.62. The minimum Gasteiger partial charge on any atom is -0.452 e. The van der Waals surface area contributed by atoms with Crippen molar-refractivity contribution in [3.63, 3.8) is 0 Å². The van der Waals surface area contributed by atoms with Gasteiger partial charge in [-0.15, -0.1) is 0 Å². The molecule has 0 radical (unpaired) electrons. The van der Waals surface area contributed by atoms with Crippen molar-refractivity contribution in [2.24, 2.45) is 0 Å². The number of rotatable bonds is 7. The third-order valence-corrected chi connectivity index (χ3v) is 5.53. The van der Waals surface area contributed by atoms with Crippen LogP contribution in [0.25, 0.3) is 0 Å². The molecule has 8 heteroatoms. The molecule has 2 rings (SSSR count). The summed E-state index contributed by atoms with van der Waals surface area (Å²) in [5, 5.41) is 8.94. The molecule has 0 unspecified atom stereocenters. The summed E-state index contributed by atoms with van der Waals surface area (Å²) < 4.78 is 29.3. The second-order valence-electron chi connectivity index (χ2n) is 5.45. The van der Waals surface area contributed by atoms with Crippen LogP contribution in [0.1, 0.15) is 17.3 Å². The highest BCUT2D eigenvalue weighted by Crippen LogP contribution is 2.18. The number of nitriles is 1. The van der Waals surface area contributed by atoms with Crippen molar-refractivity contribution in [3.05, 3.63) is 60.2 Å². The number of ether oxygens (including phenoxy) is 1. The molecule has 140 valence electrons. The number of sulfone groups is 1. The van der Waals surface area contributed by atoms with Crippen LogP contribution in [-0.2, 0) is 19.4 Å². The maximum atomic E-state index is 12.4. The van der Waals surface area contributed by atoms with E-state index in [1.54, 1.807) is 30.3 Å². The molecule has 27 heavy (non-hydrogen) atoms. The fourth-order valence-electron chi connectivity index (χ4n) is 2.35. The predicted molar refractivity (Wildman–Crippen MR) is 98.9 cm³/mol. The number of benzene rings is 2. The van der Waals surface area contributed by atoms with E-state index in [0.717, 1.165) is 0 Å². The van der Waals surface area contributed by atoms with Gasteiger partial charge in [0.1, 0.15) is 6.54 Å². The van der Waals surface area contributed by atoms with E-state index in [9.17, 15) is 18.0 Å². The Morgan fingerprint density at radius 2 is 1.70 bits per heavy atom. The van der Waals surface area contributed by atoms with Crippen LogP contribution in [0.5, 0.6) is 0 Å². The first-order chi connectivity index (χ1) is 12.9. The van der Waals surface area contributed by atoms with E-state index >= 15 is 0 Å². The zero-order valence-electron chi connectivity index (χ0n) is 14.7. The van der Waals surface area contributed by atoms with Gasteiger partial charge in [-0.25, -0.2) is 13.2 Å². The molecule has 0 aromatic heterocycles. The zero-order chi connectivity index (χ0) is 19.9. The molecule has 0 bridgehead atoms. The molecule has 0 saturated heterocycles. The lowest BCUT2D eigenvalue weighted by atomic mass is 10.2. The van der Waals surface area contributed by atoms with Gasteiger partial charge in [0.05, 0.1) is 22.3 Å².